The van der Waals surface area contributed by atoms with Gasteiger partial charge in [-0.2, -0.15) is 19.6 Å². The van der Waals surface area contributed by atoms with Crippen LogP contribution in [0.15, 0.2) is 30.5 Å². The molecule has 0 saturated carbocycles. The molecular weight excluding hydrogens is 516 g/mol. The highest BCUT2D eigenvalue weighted by atomic mass is 16.2. The van der Waals surface area contributed by atoms with Crippen LogP contribution < -0.4 is 20.9 Å². The molecule has 4 heterocycles. The van der Waals surface area contributed by atoms with Gasteiger partial charge in [-0.3, -0.25) is 4.79 Å². The van der Waals surface area contributed by atoms with Gasteiger partial charge in [0.05, 0.1) is 6.20 Å². The number of aromatic nitrogens is 4. The summed E-state index contributed by atoms with van der Waals surface area (Å²) in [5.74, 6) is 2.01. The van der Waals surface area contributed by atoms with E-state index in [4.69, 9.17) is 15.7 Å². The molecule has 2 saturated heterocycles. The first-order valence-corrected chi connectivity index (χ1v) is 15.0. The van der Waals surface area contributed by atoms with Gasteiger partial charge >= 0.3 is 0 Å². The zero-order valence-electron chi connectivity index (χ0n) is 25.1. The van der Waals surface area contributed by atoms with Crippen molar-refractivity contribution in [2.45, 2.75) is 58.0 Å². The summed E-state index contributed by atoms with van der Waals surface area (Å²) in [4.78, 5) is 31.2. The number of anilines is 3. The number of hydrogen-bond acceptors (Lipinski definition) is 9. The third kappa shape index (κ3) is 7.08. The van der Waals surface area contributed by atoms with Crippen LogP contribution in [0.3, 0.4) is 0 Å². The van der Waals surface area contributed by atoms with Crippen molar-refractivity contribution in [2.24, 2.45) is 5.73 Å². The van der Waals surface area contributed by atoms with Gasteiger partial charge in [0.15, 0.2) is 5.65 Å². The largest absolute Gasteiger partial charge is 0.368 e. The maximum Gasteiger partial charge on any atom is 0.230 e. The van der Waals surface area contributed by atoms with Crippen LogP contribution >= 0.6 is 0 Å². The van der Waals surface area contributed by atoms with E-state index in [1.165, 1.54) is 5.69 Å². The van der Waals surface area contributed by atoms with E-state index in [-0.39, 0.29) is 11.9 Å². The van der Waals surface area contributed by atoms with Crippen molar-refractivity contribution in [3.8, 4) is 0 Å². The number of carbonyl (C=O) groups is 1. The molecule has 0 aliphatic carbocycles. The van der Waals surface area contributed by atoms with Gasteiger partial charge in [0, 0.05) is 69.5 Å². The summed E-state index contributed by atoms with van der Waals surface area (Å²) in [6.45, 7) is 10.8. The maximum absolute atomic E-state index is 12.6. The van der Waals surface area contributed by atoms with Crippen molar-refractivity contribution in [2.75, 3.05) is 75.0 Å². The monoisotopic (exact) mass is 562 g/mol. The van der Waals surface area contributed by atoms with Crippen LogP contribution in [0.25, 0.3) is 5.65 Å². The van der Waals surface area contributed by atoms with Gasteiger partial charge in [-0.1, -0.05) is 26.0 Å². The molecule has 5 rings (SSSR count). The van der Waals surface area contributed by atoms with E-state index in [0.717, 1.165) is 87.8 Å². The number of piperazine rings is 1. The summed E-state index contributed by atoms with van der Waals surface area (Å²) in [7, 11) is 4.09. The molecule has 2 aromatic heterocycles. The van der Waals surface area contributed by atoms with Crippen LogP contribution in [-0.2, 0) is 11.3 Å². The summed E-state index contributed by atoms with van der Waals surface area (Å²) in [5, 5.41) is 8.18. The van der Waals surface area contributed by atoms with E-state index < -0.39 is 0 Å². The number of nitrogens with zero attached hydrogens (tertiary/aromatic N) is 8. The molecule has 3 N–H and O–H groups in total. The molecule has 11 nitrogen and oxygen atoms in total. The van der Waals surface area contributed by atoms with Crippen LogP contribution in [0.2, 0.25) is 0 Å². The number of nitrogens with two attached hydrogens (primary N) is 1. The number of amides is 1. The highest BCUT2D eigenvalue weighted by Gasteiger charge is 2.23. The van der Waals surface area contributed by atoms with Gasteiger partial charge < -0.3 is 30.7 Å². The average Bonchev–Trinajstić information content (AvgIpc) is 3.41. The molecule has 2 fully saturated rings. The van der Waals surface area contributed by atoms with E-state index in [1.807, 2.05) is 29.7 Å². The Kier molecular flexibility index (Phi) is 9.24. The standard InChI is InChI=1S/C30H46N10O/c1-22(2)26-21-33-40-28(26)34-30(39-13-10-24(31)11-14-39)35-29(40)32-20-23-7-5-8-25(19-23)37-15-17-38(18-16-37)27(41)9-6-12-36(3)4/h5,7-8,19,21-22,24H,6,9-18,20,31H2,1-4H3,(H,32,34,35). The Balaban J connectivity index is 1.25. The lowest BCUT2D eigenvalue weighted by Gasteiger charge is -2.36. The predicted octanol–water partition coefficient (Wildman–Crippen LogP) is 2.78. The maximum atomic E-state index is 12.6. The van der Waals surface area contributed by atoms with Crippen molar-refractivity contribution >= 4 is 29.1 Å². The van der Waals surface area contributed by atoms with Crippen molar-refractivity contribution < 1.29 is 4.79 Å². The molecule has 222 valence electrons. The zero-order valence-corrected chi connectivity index (χ0v) is 25.1. The molecule has 0 spiro atoms. The lowest BCUT2D eigenvalue weighted by Crippen LogP contribution is -2.48. The Bertz CT molecular complexity index is 1310. The minimum absolute atomic E-state index is 0.248. The summed E-state index contributed by atoms with van der Waals surface area (Å²) in [6, 6.07) is 8.87. The molecule has 0 atom stereocenters. The molecule has 2 aliphatic rings. The van der Waals surface area contributed by atoms with Gasteiger partial charge in [-0.25, -0.2) is 0 Å². The average molecular weight is 563 g/mol. The molecule has 2 aliphatic heterocycles. The first-order valence-electron chi connectivity index (χ1n) is 15.0. The van der Waals surface area contributed by atoms with E-state index >= 15 is 0 Å². The number of benzene rings is 1. The first kappa shape index (κ1) is 29.1. The van der Waals surface area contributed by atoms with Crippen LogP contribution in [0.5, 0.6) is 0 Å². The minimum Gasteiger partial charge on any atom is -0.368 e. The third-order valence-corrected chi connectivity index (χ3v) is 8.18. The third-order valence-electron chi connectivity index (χ3n) is 8.18. The lowest BCUT2D eigenvalue weighted by atomic mass is 10.1. The van der Waals surface area contributed by atoms with Gasteiger partial charge in [-0.05, 0) is 63.5 Å². The smallest absolute Gasteiger partial charge is 0.230 e. The number of fused-ring (bicyclic) bond motifs is 1. The number of hydrogen-bond donors (Lipinski definition) is 2. The number of piperidine rings is 1. The number of carbonyl (C=O) groups excluding carboxylic acids is 1. The van der Waals surface area contributed by atoms with Crippen molar-refractivity contribution in [3.05, 3.63) is 41.6 Å². The van der Waals surface area contributed by atoms with E-state index in [9.17, 15) is 4.79 Å². The minimum atomic E-state index is 0.248. The van der Waals surface area contributed by atoms with E-state index in [1.54, 1.807) is 0 Å². The molecule has 41 heavy (non-hydrogen) atoms. The summed E-state index contributed by atoms with van der Waals surface area (Å²) in [5.41, 5.74) is 10.5. The second-order valence-corrected chi connectivity index (χ2v) is 12.0. The Morgan fingerprint density at radius 3 is 2.54 bits per heavy atom. The Morgan fingerprint density at radius 2 is 1.83 bits per heavy atom. The Labute approximate surface area is 243 Å². The fourth-order valence-corrected chi connectivity index (χ4v) is 5.61. The van der Waals surface area contributed by atoms with Crippen LogP contribution in [0, 0.1) is 0 Å². The fourth-order valence-electron chi connectivity index (χ4n) is 5.61. The second kappa shape index (κ2) is 13.0. The van der Waals surface area contributed by atoms with Gasteiger partial charge in [0.25, 0.3) is 0 Å². The molecule has 3 aromatic rings. The van der Waals surface area contributed by atoms with Gasteiger partial charge in [-0.15, -0.1) is 0 Å². The fraction of sp³-hybridized carbons (Fsp3) is 0.600. The highest BCUT2D eigenvalue weighted by Crippen LogP contribution is 2.25. The highest BCUT2D eigenvalue weighted by molar-refractivity contribution is 5.76. The molecule has 0 bridgehead atoms. The van der Waals surface area contributed by atoms with E-state index in [2.05, 4.69) is 63.2 Å². The molecule has 1 amide bonds. The topological polar surface area (TPSA) is 111 Å². The van der Waals surface area contributed by atoms with Gasteiger partial charge in [0.2, 0.25) is 17.8 Å². The number of nitrogens with one attached hydrogen (secondary N) is 1. The predicted molar refractivity (Wildman–Crippen MR) is 165 cm³/mol. The first-order chi connectivity index (χ1) is 19.8. The lowest BCUT2D eigenvalue weighted by molar-refractivity contribution is -0.131. The SMILES string of the molecule is CC(C)c1cnn2c(NCc3cccc(N4CCN(C(=O)CCCN(C)C)CC4)c3)nc(N3CCC(N)CC3)nc12. The van der Waals surface area contributed by atoms with Crippen molar-refractivity contribution in [1.29, 1.82) is 0 Å². The van der Waals surface area contributed by atoms with Crippen molar-refractivity contribution in [1.82, 2.24) is 29.4 Å². The number of rotatable bonds is 10. The van der Waals surface area contributed by atoms with Crippen LogP contribution in [0.1, 0.15) is 56.6 Å². The summed E-state index contributed by atoms with van der Waals surface area (Å²) in [6.07, 6.45) is 5.32. The Morgan fingerprint density at radius 1 is 1.07 bits per heavy atom. The quantitative estimate of drug-likeness (QED) is 0.385. The molecule has 0 radical (unpaired) electrons. The van der Waals surface area contributed by atoms with Crippen LogP contribution in [-0.4, -0.2) is 101 Å². The summed E-state index contributed by atoms with van der Waals surface area (Å²) >= 11 is 0. The molecule has 0 unspecified atom stereocenters. The summed E-state index contributed by atoms with van der Waals surface area (Å²) < 4.78 is 1.83. The normalized spacial score (nSPS) is 16.8. The van der Waals surface area contributed by atoms with Gasteiger partial charge in [0.1, 0.15) is 0 Å². The Hall–Kier alpha value is -3.44. The molecule has 1 aromatic carbocycles. The molecule has 11 heteroatoms. The second-order valence-electron chi connectivity index (χ2n) is 12.0. The zero-order chi connectivity index (χ0) is 28.9. The van der Waals surface area contributed by atoms with Crippen molar-refractivity contribution in [3.63, 3.8) is 0 Å². The molecular formula is C30H46N10O. The van der Waals surface area contributed by atoms with Crippen LogP contribution in [0.4, 0.5) is 17.6 Å². The van der Waals surface area contributed by atoms with E-state index in [0.29, 0.717) is 24.8 Å².